The van der Waals surface area contributed by atoms with Crippen LogP contribution in [0, 0.1) is 0 Å². The molecule has 0 saturated carbocycles. The number of benzene rings is 1. The average molecular weight is 384 g/mol. The van der Waals surface area contributed by atoms with Gasteiger partial charge in [-0.1, -0.05) is 24.3 Å². The van der Waals surface area contributed by atoms with Gasteiger partial charge in [-0.05, 0) is 62.6 Å². The third kappa shape index (κ3) is 5.05. The van der Waals surface area contributed by atoms with Gasteiger partial charge in [0.1, 0.15) is 5.70 Å². The smallest absolute Gasteiger partial charge is 0.270 e. The zero-order valence-electron chi connectivity index (χ0n) is 15.7. The van der Waals surface area contributed by atoms with Crippen LogP contribution in [0.5, 0.6) is 0 Å². The molecule has 6 heteroatoms. The van der Waals surface area contributed by atoms with Crippen molar-refractivity contribution >= 4 is 29.2 Å². The lowest BCUT2D eigenvalue weighted by Gasteiger charge is -2.35. The predicted octanol–water partition coefficient (Wildman–Crippen LogP) is 3.07. The van der Waals surface area contributed by atoms with E-state index in [0.717, 1.165) is 30.8 Å². The number of likely N-dealkylation sites (N-methyl/N-ethyl adjacent to an activating group) is 1. The maximum atomic E-state index is 13.2. The lowest BCUT2D eigenvalue weighted by atomic mass is 10.0. The Morgan fingerprint density at radius 3 is 2.48 bits per heavy atom. The highest BCUT2D eigenvalue weighted by atomic mass is 32.1. The third-order valence-corrected chi connectivity index (χ3v) is 5.72. The van der Waals surface area contributed by atoms with Gasteiger partial charge in [-0.2, -0.15) is 0 Å². The topological polar surface area (TPSA) is 52.6 Å². The molecular formula is C21H25N3O2S. The first-order chi connectivity index (χ1) is 13.0. The minimum Gasteiger partial charge on any atom is -0.337 e. The third-order valence-electron chi connectivity index (χ3n) is 4.90. The maximum absolute atomic E-state index is 13.2. The first kappa shape index (κ1) is 19.3. The lowest BCUT2D eigenvalue weighted by molar-refractivity contribution is -0.128. The van der Waals surface area contributed by atoms with Crippen LogP contribution < -0.4 is 5.32 Å². The van der Waals surface area contributed by atoms with E-state index in [-0.39, 0.29) is 17.9 Å². The Balaban J connectivity index is 1.79. The molecule has 0 unspecified atom stereocenters. The van der Waals surface area contributed by atoms with E-state index in [0.29, 0.717) is 11.3 Å². The Morgan fingerprint density at radius 2 is 1.85 bits per heavy atom. The molecule has 27 heavy (non-hydrogen) atoms. The van der Waals surface area contributed by atoms with Crippen LogP contribution >= 0.6 is 11.3 Å². The Bertz CT molecular complexity index is 794. The molecule has 1 N–H and O–H groups in total. The van der Waals surface area contributed by atoms with E-state index < -0.39 is 0 Å². The van der Waals surface area contributed by atoms with E-state index in [1.165, 1.54) is 11.3 Å². The summed E-state index contributed by atoms with van der Waals surface area (Å²) in [6.45, 7) is 1.95. The Labute approximate surface area is 164 Å². The molecule has 142 valence electrons. The highest BCUT2D eigenvalue weighted by molar-refractivity contribution is 7.10. The molecule has 5 nitrogen and oxygen atoms in total. The van der Waals surface area contributed by atoms with Gasteiger partial charge in [-0.3, -0.25) is 9.59 Å². The Morgan fingerprint density at radius 1 is 1.15 bits per heavy atom. The van der Waals surface area contributed by atoms with Crippen LogP contribution in [-0.4, -0.2) is 54.8 Å². The van der Waals surface area contributed by atoms with Gasteiger partial charge >= 0.3 is 0 Å². The minimum atomic E-state index is -0.275. The second-order valence-electron chi connectivity index (χ2n) is 6.84. The SMILES string of the molecule is CN1CCC(N(C)C(=O)C(=Cc2cccs2)NC(=O)c2ccccc2)CC1. The maximum Gasteiger partial charge on any atom is 0.270 e. The van der Waals surface area contributed by atoms with E-state index in [2.05, 4.69) is 17.3 Å². The molecule has 1 aromatic carbocycles. The van der Waals surface area contributed by atoms with Crippen molar-refractivity contribution in [2.24, 2.45) is 0 Å². The van der Waals surface area contributed by atoms with Crippen molar-refractivity contribution in [2.45, 2.75) is 18.9 Å². The van der Waals surface area contributed by atoms with Gasteiger partial charge in [0.15, 0.2) is 0 Å². The van der Waals surface area contributed by atoms with Crippen LogP contribution in [-0.2, 0) is 4.79 Å². The van der Waals surface area contributed by atoms with Crippen molar-refractivity contribution in [2.75, 3.05) is 27.2 Å². The highest BCUT2D eigenvalue weighted by Crippen LogP contribution is 2.18. The van der Waals surface area contributed by atoms with E-state index in [1.54, 1.807) is 23.1 Å². The summed E-state index contributed by atoms with van der Waals surface area (Å²) < 4.78 is 0. The molecule has 0 spiro atoms. The summed E-state index contributed by atoms with van der Waals surface area (Å²) in [5, 5.41) is 4.78. The number of nitrogens with zero attached hydrogens (tertiary/aromatic N) is 2. The molecular weight excluding hydrogens is 358 g/mol. The van der Waals surface area contributed by atoms with Crippen molar-refractivity contribution in [1.29, 1.82) is 0 Å². The monoisotopic (exact) mass is 383 g/mol. The van der Waals surface area contributed by atoms with Gasteiger partial charge < -0.3 is 15.1 Å². The van der Waals surface area contributed by atoms with Crippen LogP contribution in [0.25, 0.3) is 6.08 Å². The summed E-state index contributed by atoms with van der Waals surface area (Å²) in [6, 6.07) is 13.0. The number of hydrogen-bond acceptors (Lipinski definition) is 4. The molecule has 0 radical (unpaired) electrons. The van der Waals surface area contributed by atoms with Crippen LogP contribution in [0.1, 0.15) is 28.1 Å². The van der Waals surface area contributed by atoms with E-state index in [4.69, 9.17) is 0 Å². The van der Waals surface area contributed by atoms with Crippen LogP contribution in [0.2, 0.25) is 0 Å². The molecule has 2 amide bonds. The fourth-order valence-electron chi connectivity index (χ4n) is 3.19. The number of amides is 2. The van der Waals surface area contributed by atoms with Crippen molar-refractivity contribution < 1.29 is 9.59 Å². The number of carbonyl (C=O) groups excluding carboxylic acids is 2. The van der Waals surface area contributed by atoms with Gasteiger partial charge in [0.25, 0.3) is 11.8 Å². The summed E-state index contributed by atoms with van der Waals surface area (Å²) in [6.07, 6.45) is 3.65. The molecule has 2 heterocycles. The molecule has 0 bridgehead atoms. The molecule has 1 fully saturated rings. The molecule has 2 aromatic rings. The van der Waals surface area contributed by atoms with Crippen LogP contribution in [0.3, 0.4) is 0 Å². The molecule has 1 saturated heterocycles. The fraction of sp³-hybridized carbons (Fsp3) is 0.333. The lowest BCUT2D eigenvalue weighted by Crippen LogP contribution is -2.46. The molecule has 1 aromatic heterocycles. The van der Waals surface area contributed by atoms with E-state index >= 15 is 0 Å². The van der Waals surface area contributed by atoms with Crippen molar-refractivity contribution in [3.63, 3.8) is 0 Å². The summed E-state index contributed by atoms with van der Waals surface area (Å²) >= 11 is 1.53. The Hall–Kier alpha value is -2.44. The second-order valence-corrected chi connectivity index (χ2v) is 7.82. The first-order valence-corrected chi connectivity index (χ1v) is 10.00. The predicted molar refractivity (Wildman–Crippen MR) is 109 cm³/mol. The highest BCUT2D eigenvalue weighted by Gasteiger charge is 2.27. The number of piperidine rings is 1. The van der Waals surface area contributed by atoms with Crippen molar-refractivity contribution in [3.8, 4) is 0 Å². The number of rotatable bonds is 5. The normalized spacial score (nSPS) is 16.1. The first-order valence-electron chi connectivity index (χ1n) is 9.12. The minimum absolute atomic E-state index is 0.151. The molecule has 1 aliphatic heterocycles. The zero-order chi connectivity index (χ0) is 19.2. The second kappa shape index (κ2) is 8.97. The number of carbonyl (C=O) groups is 2. The summed E-state index contributed by atoms with van der Waals surface area (Å²) in [5.74, 6) is -0.425. The molecule has 1 aliphatic rings. The van der Waals surface area contributed by atoms with Gasteiger partial charge in [0.05, 0.1) is 0 Å². The van der Waals surface area contributed by atoms with Crippen LogP contribution in [0.4, 0.5) is 0 Å². The number of nitrogens with one attached hydrogen (secondary N) is 1. The average Bonchev–Trinajstić information content (AvgIpc) is 3.20. The standard InChI is InChI=1S/C21H25N3O2S/c1-23-12-10-17(11-13-23)24(2)21(26)19(15-18-9-6-14-27-18)22-20(25)16-7-4-3-5-8-16/h3-9,14-15,17H,10-13H2,1-2H3,(H,22,25). The van der Waals surface area contributed by atoms with Crippen molar-refractivity contribution in [3.05, 3.63) is 64.0 Å². The summed E-state index contributed by atoms with van der Waals surface area (Å²) in [4.78, 5) is 30.7. The molecule has 3 rings (SSSR count). The van der Waals surface area contributed by atoms with E-state index in [9.17, 15) is 9.59 Å². The summed E-state index contributed by atoms with van der Waals surface area (Å²) in [7, 11) is 3.93. The number of hydrogen-bond donors (Lipinski definition) is 1. The van der Waals surface area contributed by atoms with E-state index in [1.807, 2.05) is 42.8 Å². The van der Waals surface area contributed by atoms with Gasteiger partial charge in [-0.25, -0.2) is 0 Å². The Kier molecular flexibility index (Phi) is 6.42. The number of likely N-dealkylation sites (tertiary alicyclic amines) is 1. The summed E-state index contributed by atoms with van der Waals surface area (Å²) in [5.41, 5.74) is 0.844. The fourth-order valence-corrected chi connectivity index (χ4v) is 3.85. The zero-order valence-corrected chi connectivity index (χ0v) is 16.5. The van der Waals surface area contributed by atoms with Crippen molar-refractivity contribution in [1.82, 2.24) is 15.1 Å². The molecule has 0 atom stereocenters. The molecule has 0 aliphatic carbocycles. The quantitative estimate of drug-likeness (QED) is 0.808. The number of thiophene rings is 1. The van der Waals surface area contributed by atoms with Gasteiger partial charge in [0, 0.05) is 23.5 Å². The van der Waals surface area contributed by atoms with Gasteiger partial charge in [0.2, 0.25) is 0 Å². The van der Waals surface area contributed by atoms with Crippen LogP contribution in [0.15, 0.2) is 53.5 Å². The largest absolute Gasteiger partial charge is 0.337 e. The van der Waals surface area contributed by atoms with Gasteiger partial charge in [-0.15, -0.1) is 11.3 Å².